The van der Waals surface area contributed by atoms with Gasteiger partial charge < -0.3 is 15.1 Å². The lowest BCUT2D eigenvalue weighted by Gasteiger charge is -2.37. The Morgan fingerprint density at radius 1 is 0.848 bits per heavy atom. The molecule has 0 saturated carbocycles. The van der Waals surface area contributed by atoms with Gasteiger partial charge in [-0.25, -0.2) is 0 Å². The van der Waals surface area contributed by atoms with E-state index in [1.165, 1.54) is 0 Å². The van der Waals surface area contributed by atoms with Crippen molar-refractivity contribution in [2.45, 2.75) is 38.6 Å². The number of aromatic nitrogens is 1. The van der Waals surface area contributed by atoms with Gasteiger partial charge in [-0.15, -0.1) is 0 Å². The number of hydrogen-bond acceptors (Lipinski definition) is 4. The molecule has 7 nitrogen and oxygen atoms in total. The van der Waals surface area contributed by atoms with Crippen molar-refractivity contribution in [3.63, 3.8) is 0 Å². The first-order valence-electron chi connectivity index (χ1n) is 11.8. The van der Waals surface area contributed by atoms with Gasteiger partial charge in [0.1, 0.15) is 0 Å². The van der Waals surface area contributed by atoms with Crippen LogP contribution in [0.3, 0.4) is 0 Å². The first-order chi connectivity index (χ1) is 16.0. The van der Waals surface area contributed by atoms with Gasteiger partial charge in [0.25, 0.3) is 0 Å². The zero-order valence-electron chi connectivity index (χ0n) is 19.2. The van der Waals surface area contributed by atoms with Crippen LogP contribution in [0.5, 0.6) is 0 Å². The third-order valence-electron chi connectivity index (χ3n) is 6.87. The monoisotopic (exact) mass is 448 g/mol. The molecule has 2 saturated heterocycles. The number of carbonyl (C=O) groups is 3. The highest BCUT2D eigenvalue weighted by molar-refractivity contribution is 5.82. The smallest absolute Gasteiger partial charge is 0.225 e. The van der Waals surface area contributed by atoms with Crippen molar-refractivity contribution >= 4 is 17.7 Å². The molecular weight excluding hydrogens is 416 g/mol. The van der Waals surface area contributed by atoms with Crippen molar-refractivity contribution in [3.05, 3.63) is 66.0 Å². The zero-order valence-corrected chi connectivity index (χ0v) is 19.2. The lowest BCUT2D eigenvalue weighted by molar-refractivity contribution is -0.142. The fraction of sp³-hybridized carbons (Fsp3) is 0.462. The van der Waals surface area contributed by atoms with Crippen molar-refractivity contribution in [3.8, 4) is 0 Å². The van der Waals surface area contributed by atoms with E-state index in [-0.39, 0.29) is 35.6 Å². The fourth-order valence-corrected chi connectivity index (χ4v) is 4.84. The van der Waals surface area contributed by atoms with Crippen LogP contribution in [0.25, 0.3) is 0 Å². The molecule has 3 amide bonds. The molecule has 174 valence electrons. The van der Waals surface area contributed by atoms with Crippen molar-refractivity contribution in [1.29, 1.82) is 0 Å². The first kappa shape index (κ1) is 23.0. The maximum atomic E-state index is 13.2. The number of pyridine rings is 1. The molecule has 0 bridgehead atoms. The molecule has 1 aromatic heterocycles. The second-order valence-corrected chi connectivity index (χ2v) is 8.99. The van der Waals surface area contributed by atoms with Crippen molar-refractivity contribution in [2.24, 2.45) is 11.8 Å². The topological polar surface area (TPSA) is 82.6 Å². The number of rotatable bonds is 5. The number of amides is 3. The normalized spacial score (nSPS) is 18.6. The predicted octanol–water partition coefficient (Wildman–Crippen LogP) is 2.78. The molecule has 2 fully saturated rings. The number of benzene rings is 1. The summed E-state index contributed by atoms with van der Waals surface area (Å²) in [6, 6.07) is 15.3. The number of hydrogen-bond donors (Lipinski definition) is 1. The molecule has 1 atom stereocenters. The molecule has 2 aliphatic rings. The van der Waals surface area contributed by atoms with E-state index in [0.29, 0.717) is 39.0 Å². The number of nitrogens with one attached hydrogen (secondary N) is 1. The van der Waals surface area contributed by atoms with E-state index in [0.717, 1.165) is 24.1 Å². The molecule has 1 aromatic carbocycles. The highest BCUT2D eigenvalue weighted by Crippen LogP contribution is 2.26. The molecule has 1 unspecified atom stereocenters. The minimum absolute atomic E-state index is 0.0105. The van der Waals surface area contributed by atoms with Crippen LogP contribution in [0.4, 0.5) is 0 Å². The van der Waals surface area contributed by atoms with Gasteiger partial charge in [0, 0.05) is 51.1 Å². The van der Waals surface area contributed by atoms with Crippen LogP contribution < -0.4 is 5.32 Å². The van der Waals surface area contributed by atoms with Crippen LogP contribution in [0, 0.1) is 11.8 Å². The summed E-state index contributed by atoms with van der Waals surface area (Å²) in [7, 11) is 0. The molecule has 0 aliphatic carbocycles. The van der Waals surface area contributed by atoms with Crippen LogP contribution >= 0.6 is 0 Å². The van der Waals surface area contributed by atoms with E-state index in [9.17, 15) is 14.4 Å². The van der Waals surface area contributed by atoms with E-state index in [4.69, 9.17) is 0 Å². The Bertz CT molecular complexity index is 911. The summed E-state index contributed by atoms with van der Waals surface area (Å²) in [6.45, 7) is 4.08. The molecule has 1 N–H and O–H groups in total. The highest BCUT2D eigenvalue weighted by Gasteiger charge is 2.33. The summed E-state index contributed by atoms with van der Waals surface area (Å²) >= 11 is 0. The van der Waals surface area contributed by atoms with Crippen LogP contribution in [-0.2, 0) is 14.4 Å². The minimum atomic E-state index is -0.300. The lowest BCUT2D eigenvalue weighted by Crippen LogP contribution is -2.48. The molecule has 2 aliphatic heterocycles. The Morgan fingerprint density at radius 2 is 1.45 bits per heavy atom. The van der Waals surface area contributed by atoms with Crippen molar-refractivity contribution in [1.82, 2.24) is 20.1 Å². The largest absolute Gasteiger partial charge is 0.343 e. The standard InChI is InChI=1S/C26H32N4O3/c1-19(31)29-15-12-22(13-16-29)26(33)30-17-10-21(11-18-30)25(32)28-24(20-7-3-2-4-8-20)23-9-5-6-14-27-23/h2-9,14,21-22,24H,10-13,15-18H2,1H3,(H,28,32). The highest BCUT2D eigenvalue weighted by atomic mass is 16.2. The number of piperidine rings is 2. The Labute approximate surface area is 195 Å². The van der Waals surface area contributed by atoms with Gasteiger partial charge in [0.05, 0.1) is 11.7 Å². The average molecular weight is 449 g/mol. The molecule has 2 aromatic rings. The third kappa shape index (κ3) is 5.59. The third-order valence-corrected chi connectivity index (χ3v) is 6.87. The van der Waals surface area contributed by atoms with E-state index >= 15 is 0 Å². The van der Waals surface area contributed by atoms with Crippen LogP contribution in [-0.4, -0.2) is 58.7 Å². The van der Waals surface area contributed by atoms with E-state index in [1.54, 1.807) is 13.1 Å². The number of nitrogens with zero attached hydrogens (tertiary/aromatic N) is 3. The summed E-state index contributed by atoms with van der Waals surface area (Å²) in [5.74, 6) is 0.123. The first-order valence-corrected chi connectivity index (χ1v) is 11.8. The van der Waals surface area contributed by atoms with E-state index in [2.05, 4.69) is 10.3 Å². The summed E-state index contributed by atoms with van der Waals surface area (Å²) in [4.78, 5) is 45.8. The second kappa shape index (κ2) is 10.6. The SMILES string of the molecule is CC(=O)N1CCC(C(=O)N2CCC(C(=O)NC(c3ccccc3)c3ccccn3)CC2)CC1. The molecule has 33 heavy (non-hydrogen) atoms. The minimum Gasteiger partial charge on any atom is -0.343 e. The van der Waals surface area contributed by atoms with Gasteiger partial charge in [-0.3, -0.25) is 19.4 Å². The summed E-state index contributed by atoms with van der Waals surface area (Å²) in [5.41, 5.74) is 1.80. The summed E-state index contributed by atoms with van der Waals surface area (Å²) in [6.07, 6.45) is 4.51. The maximum Gasteiger partial charge on any atom is 0.225 e. The fourth-order valence-electron chi connectivity index (χ4n) is 4.84. The number of likely N-dealkylation sites (tertiary alicyclic amines) is 2. The summed E-state index contributed by atoms with van der Waals surface area (Å²) < 4.78 is 0. The lowest BCUT2D eigenvalue weighted by atomic mass is 9.91. The van der Waals surface area contributed by atoms with Crippen molar-refractivity contribution in [2.75, 3.05) is 26.2 Å². The second-order valence-electron chi connectivity index (χ2n) is 8.99. The van der Waals surface area contributed by atoms with Gasteiger partial charge >= 0.3 is 0 Å². The van der Waals surface area contributed by atoms with Gasteiger partial charge in [0.2, 0.25) is 17.7 Å². The van der Waals surface area contributed by atoms with Gasteiger partial charge in [-0.1, -0.05) is 36.4 Å². The maximum absolute atomic E-state index is 13.2. The molecule has 3 heterocycles. The van der Waals surface area contributed by atoms with Gasteiger partial charge in [-0.05, 0) is 43.4 Å². The van der Waals surface area contributed by atoms with Gasteiger partial charge in [0.15, 0.2) is 0 Å². The molecule has 4 rings (SSSR count). The Kier molecular flexibility index (Phi) is 7.37. The number of carbonyl (C=O) groups excluding carboxylic acids is 3. The average Bonchev–Trinajstić information content (AvgIpc) is 2.88. The van der Waals surface area contributed by atoms with Crippen LogP contribution in [0.15, 0.2) is 54.7 Å². The Morgan fingerprint density at radius 3 is 2.06 bits per heavy atom. The zero-order chi connectivity index (χ0) is 23.2. The van der Waals surface area contributed by atoms with E-state index < -0.39 is 0 Å². The molecule has 0 spiro atoms. The molecular formula is C26H32N4O3. The molecule has 7 heteroatoms. The van der Waals surface area contributed by atoms with Crippen LogP contribution in [0.2, 0.25) is 0 Å². The van der Waals surface area contributed by atoms with Crippen molar-refractivity contribution < 1.29 is 14.4 Å². The Balaban J connectivity index is 1.33. The Hall–Kier alpha value is -3.22. The van der Waals surface area contributed by atoms with Crippen LogP contribution in [0.1, 0.15) is 49.9 Å². The van der Waals surface area contributed by atoms with E-state index in [1.807, 2.05) is 58.3 Å². The predicted molar refractivity (Wildman–Crippen MR) is 125 cm³/mol. The molecule has 0 radical (unpaired) electrons. The van der Waals surface area contributed by atoms with Gasteiger partial charge in [-0.2, -0.15) is 0 Å². The summed E-state index contributed by atoms with van der Waals surface area (Å²) in [5, 5.41) is 3.20. The quantitative estimate of drug-likeness (QED) is 0.763.